The van der Waals surface area contributed by atoms with Crippen molar-refractivity contribution in [1.29, 1.82) is 0 Å². The van der Waals surface area contributed by atoms with Crippen molar-refractivity contribution in [2.75, 3.05) is 19.7 Å². The Labute approximate surface area is 195 Å². The Balaban J connectivity index is 1.81. The van der Waals surface area contributed by atoms with Gasteiger partial charge in [0.1, 0.15) is 12.7 Å². The molecule has 0 aliphatic carbocycles. The predicted octanol–water partition coefficient (Wildman–Crippen LogP) is 7.81. The fourth-order valence-corrected chi connectivity index (χ4v) is 4.92. The van der Waals surface area contributed by atoms with E-state index in [0.717, 1.165) is 17.6 Å². The van der Waals surface area contributed by atoms with Crippen LogP contribution in [0.15, 0.2) is 24.6 Å². The van der Waals surface area contributed by atoms with Gasteiger partial charge in [-0.15, -0.1) is 0 Å². The van der Waals surface area contributed by atoms with Gasteiger partial charge in [-0.25, -0.2) is 0 Å². The van der Waals surface area contributed by atoms with Crippen molar-refractivity contribution in [2.24, 2.45) is 0 Å². The lowest BCUT2D eigenvalue weighted by Crippen LogP contribution is -2.54. The number of quaternary nitrogens is 1. The number of aliphatic hydroxyl groups is 1. The van der Waals surface area contributed by atoms with Gasteiger partial charge in [-0.3, -0.25) is 4.48 Å². The molecule has 1 heterocycles. The van der Waals surface area contributed by atoms with Crippen LogP contribution in [0, 0.1) is 0 Å². The molecule has 1 aliphatic heterocycles. The number of nitrogens with one attached hydrogen (secondary N) is 1. The minimum absolute atomic E-state index is 0.271. The summed E-state index contributed by atoms with van der Waals surface area (Å²) in [6.07, 6.45) is 34.4. The van der Waals surface area contributed by atoms with Gasteiger partial charge in [-0.2, -0.15) is 0 Å². The van der Waals surface area contributed by atoms with Crippen LogP contribution in [0.5, 0.6) is 0 Å². The fourth-order valence-electron chi connectivity index (χ4n) is 4.92. The highest BCUT2D eigenvalue weighted by molar-refractivity contribution is 4.84. The first-order valence-corrected chi connectivity index (χ1v) is 13.8. The zero-order chi connectivity index (χ0) is 22.5. The molecular formula is C28H55N2O+. The summed E-state index contributed by atoms with van der Waals surface area (Å²) in [5.74, 6) is 0. The number of hydrogen-bond donors (Lipinski definition) is 2. The van der Waals surface area contributed by atoms with Crippen molar-refractivity contribution in [3.05, 3.63) is 24.6 Å². The minimum Gasteiger partial charge on any atom is -0.390 e. The summed E-state index contributed by atoms with van der Waals surface area (Å²) in [7, 11) is 0. The monoisotopic (exact) mass is 435 g/mol. The normalized spacial score (nSPS) is 20.7. The summed E-state index contributed by atoms with van der Waals surface area (Å²) in [6.45, 7) is 6.64. The standard InChI is InChI=1S/C28H55N2O/c1-3-5-6-7-8-9-10-11-12-13-14-15-16-17-18-19-20-21-22-23-28-29-24-25-30(28,4-2)26-27-31/h6-7,24-25,28-29,31H,3-5,8-23,26-27H2,1-2H3/q+1/b7-6+. The van der Waals surface area contributed by atoms with Gasteiger partial charge in [0.15, 0.2) is 6.17 Å². The van der Waals surface area contributed by atoms with Crippen LogP contribution in [0.4, 0.5) is 0 Å². The maximum atomic E-state index is 9.40. The Morgan fingerprint density at radius 3 is 1.77 bits per heavy atom. The second-order valence-electron chi connectivity index (χ2n) is 9.65. The molecule has 0 radical (unpaired) electrons. The molecule has 1 rings (SSSR count). The van der Waals surface area contributed by atoms with Gasteiger partial charge in [0, 0.05) is 6.42 Å². The number of unbranched alkanes of at least 4 members (excludes halogenated alkanes) is 15. The average molecular weight is 436 g/mol. The predicted molar refractivity (Wildman–Crippen MR) is 137 cm³/mol. The number of aliphatic hydroxyl groups excluding tert-OH is 1. The van der Waals surface area contributed by atoms with Crippen LogP contribution >= 0.6 is 0 Å². The third kappa shape index (κ3) is 13.4. The molecule has 0 aromatic carbocycles. The largest absolute Gasteiger partial charge is 0.390 e. The second kappa shape index (κ2) is 19.9. The van der Waals surface area contributed by atoms with Crippen LogP contribution in [0.1, 0.15) is 129 Å². The molecule has 0 saturated carbocycles. The van der Waals surface area contributed by atoms with Crippen molar-refractivity contribution in [3.8, 4) is 0 Å². The van der Waals surface area contributed by atoms with E-state index in [4.69, 9.17) is 0 Å². The van der Waals surface area contributed by atoms with E-state index in [0.29, 0.717) is 6.17 Å². The fraction of sp³-hybridized carbons (Fsp3) is 0.857. The quantitative estimate of drug-likeness (QED) is 0.103. The van der Waals surface area contributed by atoms with Crippen LogP contribution in [0.25, 0.3) is 0 Å². The molecule has 2 atom stereocenters. The molecule has 0 saturated heterocycles. The molecule has 1 aliphatic rings. The average Bonchev–Trinajstić information content (AvgIpc) is 3.18. The Morgan fingerprint density at radius 2 is 1.26 bits per heavy atom. The van der Waals surface area contributed by atoms with Crippen LogP contribution in [-0.4, -0.2) is 35.5 Å². The lowest BCUT2D eigenvalue weighted by atomic mass is 10.0. The molecule has 0 fully saturated rings. The van der Waals surface area contributed by atoms with E-state index in [2.05, 4.69) is 43.7 Å². The van der Waals surface area contributed by atoms with Gasteiger partial charge >= 0.3 is 0 Å². The molecule has 0 aromatic heterocycles. The SMILES string of the molecule is CCC/C=C/CCCCCCCCCCCCCCCCC1NC=C[N+]1(CC)CCO. The highest BCUT2D eigenvalue weighted by Crippen LogP contribution is 2.23. The van der Waals surface area contributed by atoms with E-state index in [9.17, 15) is 5.11 Å². The first kappa shape index (κ1) is 28.2. The summed E-state index contributed by atoms with van der Waals surface area (Å²) < 4.78 is 0.910. The maximum absolute atomic E-state index is 9.40. The van der Waals surface area contributed by atoms with Gasteiger partial charge in [0.25, 0.3) is 0 Å². The number of rotatable bonds is 22. The zero-order valence-corrected chi connectivity index (χ0v) is 21.1. The Morgan fingerprint density at radius 1 is 0.742 bits per heavy atom. The van der Waals surface area contributed by atoms with Gasteiger partial charge in [-0.05, 0) is 32.6 Å². The third-order valence-electron chi connectivity index (χ3n) is 7.11. The molecule has 31 heavy (non-hydrogen) atoms. The van der Waals surface area contributed by atoms with Crippen LogP contribution in [0.2, 0.25) is 0 Å². The topological polar surface area (TPSA) is 32.3 Å². The lowest BCUT2D eigenvalue weighted by molar-refractivity contribution is -0.900. The summed E-state index contributed by atoms with van der Waals surface area (Å²) in [5.41, 5.74) is 0. The molecular weight excluding hydrogens is 380 g/mol. The number of allylic oxidation sites excluding steroid dienone is 2. The highest BCUT2D eigenvalue weighted by atomic mass is 16.3. The molecule has 182 valence electrons. The van der Waals surface area contributed by atoms with Crippen molar-refractivity contribution in [1.82, 2.24) is 5.32 Å². The van der Waals surface area contributed by atoms with Crippen molar-refractivity contribution in [2.45, 2.75) is 136 Å². The molecule has 2 unspecified atom stereocenters. The van der Waals surface area contributed by atoms with Crippen molar-refractivity contribution < 1.29 is 9.59 Å². The van der Waals surface area contributed by atoms with E-state index in [-0.39, 0.29) is 6.61 Å². The first-order valence-electron chi connectivity index (χ1n) is 13.8. The van der Waals surface area contributed by atoms with Gasteiger partial charge in [0.05, 0.1) is 19.4 Å². The smallest absolute Gasteiger partial charge is 0.166 e. The highest BCUT2D eigenvalue weighted by Gasteiger charge is 2.35. The van der Waals surface area contributed by atoms with E-state index in [1.165, 1.54) is 116 Å². The van der Waals surface area contributed by atoms with Gasteiger partial charge < -0.3 is 10.4 Å². The molecule has 2 N–H and O–H groups in total. The summed E-state index contributed by atoms with van der Waals surface area (Å²) in [6, 6.07) is 0. The van der Waals surface area contributed by atoms with E-state index < -0.39 is 0 Å². The summed E-state index contributed by atoms with van der Waals surface area (Å²) in [4.78, 5) is 0. The van der Waals surface area contributed by atoms with Crippen LogP contribution < -0.4 is 5.32 Å². The molecule has 0 amide bonds. The van der Waals surface area contributed by atoms with Gasteiger partial charge in [0.2, 0.25) is 0 Å². The third-order valence-corrected chi connectivity index (χ3v) is 7.11. The van der Waals surface area contributed by atoms with E-state index in [1.807, 2.05) is 0 Å². The Kier molecular flexibility index (Phi) is 18.1. The Hall–Kier alpha value is -0.800. The molecule has 0 spiro atoms. The van der Waals surface area contributed by atoms with E-state index >= 15 is 0 Å². The zero-order valence-electron chi connectivity index (χ0n) is 21.1. The molecule has 3 heteroatoms. The number of likely N-dealkylation sites (N-methyl/N-ethyl adjacent to an activating group) is 1. The van der Waals surface area contributed by atoms with Crippen molar-refractivity contribution >= 4 is 0 Å². The van der Waals surface area contributed by atoms with E-state index in [1.54, 1.807) is 0 Å². The number of nitrogens with zero attached hydrogens (tertiary/aromatic N) is 1. The van der Waals surface area contributed by atoms with Crippen molar-refractivity contribution in [3.63, 3.8) is 0 Å². The van der Waals surface area contributed by atoms with Crippen LogP contribution in [0.3, 0.4) is 0 Å². The van der Waals surface area contributed by atoms with Crippen LogP contribution in [-0.2, 0) is 0 Å². The lowest BCUT2D eigenvalue weighted by Gasteiger charge is -2.36. The number of hydrogen-bond acceptors (Lipinski definition) is 2. The summed E-state index contributed by atoms with van der Waals surface area (Å²) >= 11 is 0. The maximum Gasteiger partial charge on any atom is 0.166 e. The molecule has 0 bridgehead atoms. The Bertz CT molecular complexity index is 448. The van der Waals surface area contributed by atoms with Gasteiger partial charge in [-0.1, -0.05) is 103 Å². The minimum atomic E-state index is 0.271. The second-order valence-corrected chi connectivity index (χ2v) is 9.65. The first-order chi connectivity index (χ1) is 15.3. The molecule has 3 nitrogen and oxygen atoms in total. The summed E-state index contributed by atoms with van der Waals surface area (Å²) in [5, 5.41) is 12.9. The molecule has 0 aromatic rings.